The summed E-state index contributed by atoms with van der Waals surface area (Å²) in [6, 6.07) is 32.6. The van der Waals surface area contributed by atoms with Gasteiger partial charge >= 0.3 is 0 Å². The lowest BCUT2D eigenvalue weighted by Gasteiger charge is -2.12. The minimum absolute atomic E-state index is 0.0283. The molecule has 0 bridgehead atoms. The highest BCUT2D eigenvalue weighted by Gasteiger charge is 2.09. The topological polar surface area (TPSA) is 45.2 Å². The summed E-state index contributed by atoms with van der Waals surface area (Å²) in [6.45, 7) is 0.354. The zero-order valence-electron chi connectivity index (χ0n) is 17.7. The Morgan fingerprint density at radius 1 is 0.710 bits per heavy atom. The van der Waals surface area contributed by atoms with E-state index in [9.17, 15) is 4.79 Å². The van der Waals surface area contributed by atoms with E-state index in [1.165, 1.54) is 0 Å². The molecule has 4 nitrogen and oxygen atoms in total. The molecule has 4 rings (SSSR count). The number of nitrogens with one attached hydrogen (secondary N) is 1. The second kappa shape index (κ2) is 9.37. The lowest BCUT2D eigenvalue weighted by molar-refractivity contribution is -0.116. The number of carbonyl (C=O) groups excluding carboxylic acids is 1. The molecule has 4 heteroatoms. The van der Waals surface area contributed by atoms with Crippen LogP contribution in [0.3, 0.4) is 0 Å². The third-order valence-electron chi connectivity index (χ3n) is 4.93. The monoisotopic (exact) mass is 407 g/mol. The summed E-state index contributed by atoms with van der Waals surface area (Å²) in [7, 11) is 3.75. The van der Waals surface area contributed by atoms with Gasteiger partial charge in [-0.1, -0.05) is 72.8 Å². The molecule has 1 N–H and O–H groups in total. The van der Waals surface area contributed by atoms with E-state index in [0.717, 1.165) is 39.3 Å². The van der Waals surface area contributed by atoms with E-state index in [4.69, 9.17) is 4.98 Å². The number of nitrogens with zero attached hydrogens (tertiary/aromatic N) is 2. The van der Waals surface area contributed by atoms with Crippen LogP contribution in [0.4, 0.5) is 5.69 Å². The molecule has 0 aliphatic carbocycles. The average molecular weight is 408 g/mol. The number of rotatable bonds is 6. The van der Waals surface area contributed by atoms with Crippen LogP contribution < -0.4 is 5.32 Å². The van der Waals surface area contributed by atoms with Crippen molar-refractivity contribution in [1.29, 1.82) is 0 Å². The number of pyridine rings is 1. The molecule has 0 aliphatic rings. The Morgan fingerprint density at radius 2 is 1.23 bits per heavy atom. The maximum atomic E-state index is 12.0. The van der Waals surface area contributed by atoms with Crippen molar-refractivity contribution in [1.82, 2.24) is 9.88 Å². The van der Waals surface area contributed by atoms with Gasteiger partial charge in [-0.25, -0.2) is 4.98 Å². The van der Waals surface area contributed by atoms with Gasteiger partial charge in [-0.15, -0.1) is 0 Å². The molecule has 0 atom stereocenters. The van der Waals surface area contributed by atoms with Gasteiger partial charge in [-0.2, -0.15) is 0 Å². The normalized spacial score (nSPS) is 10.8. The SMILES string of the molecule is CN(C)CC(=O)Nc1ccc(-c2cc(-c3ccccc3)nc(-c3ccccc3)c2)cc1. The second-order valence-electron chi connectivity index (χ2n) is 7.72. The summed E-state index contributed by atoms with van der Waals surface area (Å²) in [5.74, 6) is -0.0283. The third-order valence-corrected chi connectivity index (χ3v) is 4.93. The summed E-state index contributed by atoms with van der Waals surface area (Å²) in [5.41, 5.74) is 6.96. The number of amides is 1. The fourth-order valence-corrected chi connectivity index (χ4v) is 3.44. The second-order valence-corrected chi connectivity index (χ2v) is 7.72. The van der Waals surface area contributed by atoms with Crippen LogP contribution in [0, 0.1) is 0 Å². The molecular weight excluding hydrogens is 382 g/mol. The first-order chi connectivity index (χ1) is 15.1. The van der Waals surface area contributed by atoms with Crippen LogP contribution in [-0.2, 0) is 4.79 Å². The smallest absolute Gasteiger partial charge is 0.238 e. The number of likely N-dealkylation sites (N-methyl/N-ethyl adjacent to an activating group) is 1. The number of benzene rings is 3. The number of aromatic nitrogens is 1. The van der Waals surface area contributed by atoms with Crippen LogP contribution in [0.15, 0.2) is 97.1 Å². The average Bonchev–Trinajstić information content (AvgIpc) is 2.80. The van der Waals surface area contributed by atoms with Crippen molar-refractivity contribution in [2.75, 3.05) is 26.0 Å². The van der Waals surface area contributed by atoms with Gasteiger partial charge in [0.2, 0.25) is 5.91 Å². The molecule has 1 heterocycles. The van der Waals surface area contributed by atoms with Crippen molar-refractivity contribution in [2.45, 2.75) is 0 Å². The Labute approximate surface area is 183 Å². The van der Waals surface area contributed by atoms with Gasteiger partial charge < -0.3 is 10.2 Å². The van der Waals surface area contributed by atoms with Crippen molar-refractivity contribution in [2.24, 2.45) is 0 Å². The quantitative estimate of drug-likeness (QED) is 0.454. The van der Waals surface area contributed by atoms with Crippen molar-refractivity contribution < 1.29 is 4.79 Å². The minimum atomic E-state index is -0.0283. The zero-order valence-corrected chi connectivity index (χ0v) is 17.7. The minimum Gasteiger partial charge on any atom is -0.325 e. The summed E-state index contributed by atoms with van der Waals surface area (Å²) in [4.78, 5) is 18.8. The third kappa shape index (κ3) is 5.24. The number of carbonyl (C=O) groups is 1. The first kappa shape index (κ1) is 20.5. The summed E-state index contributed by atoms with van der Waals surface area (Å²) in [6.07, 6.45) is 0. The molecule has 1 amide bonds. The first-order valence-corrected chi connectivity index (χ1v) is 10.3. The lowest BCUT2D eigenvalue weighted by Crippen LogP contribution is -2.27. The van der Waals surface area contributed by atoms with Crippen LogP contribution in [-0.4, -0.2) is 36.4 Å². The Morgan fingerprint density at radius 3 is 1.71 bits per heavy atom. The van der Waals surface area contributed by atoms with Crippen LogP contribution in [0.5, 0.6) is 0 Å². The van der Waals surface area contributed by atoms with Crippen LogP contribution in [0.1, 0.15) is 0 Å². The standard InChI is InChI=1S/C27H25N3O/c1-30(2)19-27(31)28-24-15-13-20(14-16-24)23-17-25(21-9-5-3-6-10-21)29-26(18-23)22-11-7-4-8-12-22/h3-18H,19H2,1-2H3,(H,28,31). The molecule has 31 heavy (non-hydrogen) atoms. The Kier molecular flexibility index (Phi) is 6.20. The Balaban J connectivity index is 1.70. The molecular formula is C27H25N3O. The van der Waals surface area contributed by atoms with E-state index in [0.29, 0.717) is 6.54 Å². The Bertz CT molecular complexity index is 1100. The van der Waals surface area contributed by atoms with E-state index in [2.05, 4.69) is 41.7 Å². The van der Waals surface area contributed by atoms with Crippen LogP contribution in [0.25, 0.3) is 33.6 Å². The van der Waals surface area contributed by atoms with E-state index < -0.39 is 0 Å². The number of hydrogen-bond acceptors (Lipinski definition) is 3. The predicted octanol–water partition coefficient (Wildman–Crippen LogP) is 5.58. The molecule has 0 spiro atoms. The molecule has 154 valence electrons. The molecule has 4 aromatic rings. The molecule has 1 aromatic heterocycles. The highest BCUT2D eigenvalue weighted by atomic mass is 16.2. The van der Waals surface area contributed by atoms with Crippen LogP contribution in [0.2, 0.25) is 0 Å². The van der Waals surface area contributed by atoms with E-state index >= 15 is 0 Å². The number of anilines is 1. The summed E-state index contributed by atoms with van der Waals surface area (Å²) >= 11 is 0. The van der Waals surface area contributed by atoms with Gasteiger partial charge in [-0.3, -0.25) is 4.79 Å². The van der Waals surface area contributed by atoms with E-state index in [-0.39, 0.29) is 5.91 Å². The lowest BCUT2D eigenvalue weighted by atomic mass is 10.00. The fraction of sp³-hybridized carbons (Fsp3) is 0.111. The molecule has 0 fully saturated rings. The van der Waals surface area contributed by atoms with Crippen LogP contribution >= 0.6 is 0 Å². The van der Waals surface area contributed by atoms with Crippen molar-refractivity contribution >= 4 is 11.6 Å². The van der Waals surface area contributed by atoms with Gasteiger partial charge in [0.1, 0.15) is 0 Å². The molecule has 3 aromatic carbocycles. The van der Waals surface area contributed by atoms with Crippen molar-refractivity contribution in [3.63, 3.8) is 0 Å². The largest absolute Gasteiger partial charge is 0.325 e. The first-order valence-electron chi connectivity index (χ1n) is 10.3. The van der Waals surface area contributed by atoms with Crippen molar-refractivity contribution in [3.05, 3.63) is 97.1 Å². The van der Waals surface area contributed by atoms with E-state index in [1.807, 2.05) is 79.7 Å². The molecule has 0 radical (unpaired) electrons. The van der Waals surface area contributed by atoms with Gasteiger partial charge in [0.05, 0.1) is 17.9 Å². The molecule has 0 aliphatic heterocycles. The van der Waals surface area contributed by atoms with Crippen molar-refractivity contribution in [3.8, 4) is 33.6 Å². The zero-order chi connectivity index (χ0) is 21.6. The molecule has 0 saturated carbocycles. The predicted molar refractivity (Wildman–Crippen MR) is 128 cm³/mol. The maximum absolute atomic E-state index is 12.0. The molecule has 0 unspecified atom stereocenters. The highest BCUT2D eigenvalue weighted by Crippen LogP contribution is 2.30. The maximum Gasteiger partial charge on any atom is 0.238 e. The van der Waals surface area contributed by atoms with Gasteiger partial charge in [0.25, 0.3) is 0 Å². The fourth-order valence-electron chi connectivity index (χ4n) is 3.44. The van der Waals surface area contributed by atoms with Gasteiger partial charge in [0.15, 0.2) is 0 Å². The Hall–Kier alpha value is -3.76. The summed E-state index contributed by atoms with van der Waals surface area (Å²) in [5, 5.41) is 2.93. The van der Waals surface area contributed by atoms with E-state index in [1.54, 1.807) is 0 Å². The van der Waals surface area contributed by atoms with Gasteiger partial charge in [-0.05, 0) is 49.5 Å². The molecule has 0 saturated heterocycles. The number of hydrogen-bond donors (Lipinski definition) is 1. The highest BCUT2D eigenvalue weighted by molar-refractivity contribution is 5.92. The van der Waals surface area contributed by atoms with Gasteiger partial charge in [0, 0.05) is 16.8 Å². The summed E-state index contributed by atoms with van der Waals surface area (Å²) < 4.78 is 0.